The van der Waals surface area contributed by atoms with Crippen LogP contribution in [-0.4, -0.2) is 101 Å². The van der Waals surface area contributed by atoms with Crippen molar-refractivity contribution in [2.24, 2.45) is 0 Å². The van der Waals surface area contributed by atoms with E-state index in [4.69, 9.17) is 37.4 Å². The number of carbonyl (C=O) groups excluding carboxylic acids is 9. The van der Waals surface area contributed by atoms with E-state index in [1.54, 1.807) is 30.2 Å². The zero-order valence-corrected chi connectivity index (χ0v) is 53.5. The molecule has 1 aliphatic heterocycles. The minimum Gasteiger partial charge on any atom is -0.497 e. The van der Waals surface area contributed by atoms with Crippen LogP contribution in [0.25, 0.3) is 21.8 Å². The lowest BCUT2D eigenvalue weighted by molar-refractivity contribution is -0.131. The normalized spacial score (nSPS) is 17.3. The number of aromatic nitrogens is 1. The highest BCUT2D eigenvalue weighted by Gasteiger charge is 2.33. The van der Waals surface area contributed by atoms with Gasteiger partial charge in [-0.2, -0.15) is 0 Å². The number of anilines is 1. The number of Topliss-reactive ketones (excluding diaryl/α,β-unsaturated/α-hetero) is 8. The molecule has 0 N–H and O–H groups in total. The van der Waals surface area contributed by atoms with E-state index in [1.165, 1.54) is 21.8 Å². The van der Waals surface area contributed by atoms with Gasteiger partial charge in [0.25, 0.3) is 0 Å². The molecule has 90 heavy (non-hydrogen) atoms. The van der Waals surface area contributed by atoms with Crippen LogP contribution >= 0.6 is 23.2 Å². The molecule has 0 spiro atoms. The number of hydrogen-bond acceptors (Lipinski definition) is 13. The van der Waals surface area contributed by atoms with Crippen LogP contribution in [0.3, 0.4) is 0 Å². The van der Waals surface area contributed by atoms with Gasteiger partial charge in [0.15, 0.2) is 0 Å². The Bertz CT molecular complexity index is 3810. The van der Waals surface area contributed by atoms with Crippen LogP contribution < -0.4 is 14.4 Å². The molecule has 1 aromatic heterocycles. The summed E-state index contributed by atoms with van der Waals surface area (Å²) in [6.07, 6.45) is 3.74. The van der Waals surface area contributed by atoms with Gasteiger partial charge in [-0.25, -0.2) is 4.79 Å². The molecule has 4 saturated carbocycles. The average molecular weight is 1260 g/mol. The Morgan fingerprint density at radius 1 is 0.511 bits per heavy atom. The van der Waals surface area contributed by atoms with E-state index in [0.29, 0.717) is 99.1 Å². The van der Waals surface area contributed by atoms with Crippen molar-refractivity contribution in [2.45, 2.75) is 147 Å². The predicted octanol–water partition coefficient (Wildman–Crippen LogP) is 15.0. The monoisotopic (exact) mass is 1260 g/mol. The SMILES string of the molecule is CC(C)(C)OC(=O)N1CCN(c2ccccc2C2CC(=O)CC(=O)C2)CC1.CCn1c2ccccc2c2cc(C3CC(=O)CC(=O)C3)ccc21.COc1cc(C)cc(C2CC(=O)CC(=O)C2)c1.O=C1CC(=O)CC(c2ccc(Oc3ccc(Cl)cc3Cl)cc2)C1. The maximum atomic E-state index is 12.3. The number of para-hydroxylation sites is 2. The molecule has 470 valence electrons. The number of halogens is 2. The molecule has 0 bridgehead atoms. The molecule has 5 fully saturated rings. The molecule has 1 saturated heterocycles. The maximum absolute atomic E-state index is 12.3. The van der Waals surface area contributed by atoms with Crippen molar-refractivity contribution in [3.63, 3.8) is 0 Å². The van der Waals surface area contributed by atoms with E-state index in [1.807, 2.05) is 94.4 Å². The summed E-state index contributed by atoms with van der Waals surface area (Å²) >= 11 is 11.9. The van der Waals surface area contributed by atoms with Crippen molar-refractivity contribution in [1.29, 1.82) is 0 Å². The Labute approximate surface area is 535 Å². The molecule has 0 atom stereocenters. The topological polar surface area (TPSA) is 193 Å². The largest absolute Gasteiger partial charge is 0.497 e. The standard InChI is InChI=1S/C21H28N2O4.C20H19NO2.C18H14Cl2O3.C14H16O3/c1-21(2,3)27-20(26)23-10-8-22(9-11-23)19-7-5-4-6-18(19)15-12-16(24)14-17(25)13-15;1-2-21-19-6-4-3-5-17(19)18-11-13(7-8-20(18)21)14-9-15(22)12-16(23)10-14;19-13-3-6-18(17(20)9-13)23-16-4-1-11(2-5-16)12-7-14(21)10-15(22)8-12;1-9-3-10(7-14(4-9)17-2)11-5-12(15)8-13(16)6-11/h4-7,15H,8-14H2,1-3H3;3-8,11,14H,2,9-10,12H2,1H3;1-6,9,12H,7-8,10H2;3-4,7,11H,5-6,8H2,1-2H3. The van der Waals surface area contributed by atoms with Gasteiger partial charge in [0, 0.05) is 117 Å². The zero-order valence-electron chi connectivity index (χ0n) is 52.0. The van der Waals surface area contributed by atoms with Crippen LogP contribution in [0.15, 0.2) is 127 Å². The molecule has 4 aliphatic carbocycles. The molecule has 1 amide bonds. The summed E-state index contributed by atoms with van der Waals surface area (Å²) in [6.45, 7) is 13.2. The summed E-state index contributed by atoms with van der Waals surface area (Å²) in [6, 6.07) is 41.1. The first-order valence-corrected chi connectivity index (χ1v) is 31.6. The van der Waals surface area contributed by atoms with E-state index in [2.05, 4.69) is 58.9 Å². The van der Waals surface area contributed by atoms with Crippen LogP contribution in [0.5, 0.6) is 17.2 Å². The zero-order chi connectivity index (χ0) is 64.4. The smallest absolute Gasteiger partial charge is 0.410 e. The molecule has 0 unspecified atom stereocenters. The van der Waals surface area contributed by atoms with Gasteiger partial charge in [0.2, 0.25) is 0 Å². The molecule has 17 heteroatoms. The molecule has 15 nitrogen and oxygen atoms in total. The van der Waals surface area contributed by atoms with Crippen LogP contribution in [0.4, 0.5) is 10.5 Å². The third-order valence-corrected chi connectivity index (χ3v) is 17.4. The number of piperazine rings is 1. The number of hydrogen-bond donors (Lipinski definition) is 0. The second-order valence-electron chi connectivity index (χ2n) is 25.0. The summed E-state index contributed by atoms with van der Waals surface area (Å²) in [5.41, 5.74) is 8.27. The van der Waals surface area contributed by atoms with Gasteiger partial charge in [-0.3, -0.25) is 38.4 Å². The van der Waals surface area contributed by atoms with Crippen molar-refractivity contribution >= 4 is 103 Å². The first-order chi connectivity index (χ1) is 43.0. The Morgan fingerprint density at radius 2 is 1.01 bits per heavy atom. The third kappa shape index (κ3) is 17.4. The van der Waals surface area contributed by atoms with Gasteiger partial charge in [-0.15, -0.1) is 0 Å². The van der Waals surface area contributed by atoms with Gasteiger partial charge < -0.3 is 28.6 Å². The lowest BCUT2D eigenvalue weighted by atomic mass is 9.81. The number of aryl methyl sites for hydroxylation is 2. The fraction of sp³-hybridized carbons (Fsp3) is 0.384. The lowest BCUT2D eigenvalue weighted by Crippen LogP contribution is -2.50. The number of ketones is 8. The first-order valence-electron chi connectivity index (χ1n) is 30.8. The van der Waals surface area contributed by atoms with E-state index in [-0.39, 0.29) is 102 Å². The minimum atomic E-state index is -0.499. The minimum absolute atomic E-state index is 0.0134. The number of fused-ring (bicyclic) bond motifs is 3. The second kappa shape index (κ2) is 29.6. The van der Waals surface area contributed by atoms with Crippen molar-refractivity contribution in [3.05, 3.63) is 165 Å². The van der Waals surface area contributed by atoms with Crippen LogP contribution in [0, 0.1) is 6.92 Å². The maximum Gasteiger partial charge on any atom is 0.410 e. The molecular formula is C73H77Cl2N3O12. The van der Waals surface area contributed by atoms with Crippen LogP contribution in [-0.2, 0) is 49.6 Å². The van der Waals surface area contributed by atoms with Crippen molar-refractivity contribution in [1.82, 2.24) is 9.47 Å². The number of methoxy groups -OCH3 is 1. The number of carbonyl (C=O) groups is 9. The average Bonchev–Trinajstić information content (AvgIpc) is 1.62. The molecule has 6 aromatic carbocycles. The highest BCUT2D eigenvalue weighted by atomic mass is 35.5. The van der Waals surface area contributed by atoms with Crippen molar-refractivity contribution in [3.8, 4) is 17.2 Å². The Kier molecular flexibility index (Phi) is 21.7. The molecule has 5 aliphatic rings. The molecule has 7 aromatic rings. The lowest BCUT2D eigenvalue weighted by Gasteiger charge is -2.38. The fourth-order valence-corrected chi connectivity index (χ4v) is 13.2. The fourth-order valence-electron chi connectivity index (χ4n) is 12.7. The summed E-state index contributed by atoms with van der Waals surface area (Å²) < 4.78 is 18.7. The number of amides is 1. The summed E-state index contributed by atoms with van der Waals surface area (Å²) in [4.78, 5) is 110. The van der Waals surface area contributed by atoms with Crippen LogP contribution in [0.2, 0.25) is 10.0 Å². The quantitative estimate of drug-likeness (QED) is 0.124. The van der Waals surface area contributed by atoms with Gasteiger partial charge in [0.05, 0.1) is 37.8 Å². The Balaban J connectivity index is 0.000000144. The number of benzene rings is 6. The van der Waals surface area contributed by atoms with Gasteiger partial charge in [0.1, 0.15) is 69.1 Å². The molecule has 12 rings (SSSR count). The Morgan fingerprint density at radius 3 is 1.56 bits per heavy atom. The summed E-state index contributed by atoms with van der Waals surface area (Å²) in [7, 11) is 1.62. The van der Waals surface area contributed by atoms with Gasteiger partial charge >= 0.3 is 6.09 Å². The van der Waals surface area contributed by atoms with E-state index >= 15 is 0 Å². The van der Waals surface area contributed by atoms with E-state index < -0.39 is 5.60 Å². The van der Waals surface area contributed by atoms with E-state index in [0.717, 1.165) is 45.8 Å². The number of rotatable bonds is 9. The third-order valence-electron chi connectivity index (χ3n) is 16.9. The van der Waals surface area contributed by atoms with Crippen LogP contribution in [0.1, 0.15) is 156 Å². The van der Waals surface area contributed by atoms with Crippen molar-refractivity contribution < 1.29 is 57.4 Å². The molecule has 2 heterocycles. The van der Waals surface area contributed by atoms with Gasteiger partial charge in [-0.05, 0) is 153 Å². The van der Waals surface area contributed by atoms with E-state index in [9.17, 15) is 43.2 Å². The Hall–Kier alpha value is -8.27. The summed E-state index contributed by atoms with van der Waals surface area (Å²) in [5, 5.41) is 3.43. The van der Waals surface area contributed by atoms with Gasteiger partial charge in [-0.1, -0.05) is 83.9 Å². The first kappa shape index (κ1) is 66.2. The number of ether oxygens (including phenoxy) is 3. The highest BCUT2D eigenvalue weighted by molar-refractivity contribution is 6.35. The van der Waals surface area contributed by atoms with Crippen molar-refractivity contribution in [2.75, 3.05) is 38.2 Å². The molecular weight excluding hydrogens is 1180 g/mol. The highest BCUT2D eigenvalue weighted by Crippen LogP contribution is 2.39. The second-order valence-corrected chi connectivity index (χ2v) is 25.9. The predicted molar refractivity (Wildman–Crippen MR) is 349 cm³/mol. The molecule has 0 radical (unpaired) electrons. The number of nitrogens with zero attached hydrogens (tertiary/aromatic N) is 3. The summed E-state index contributed by atoms with van der Waals surface area (Å²) in [5.74, 6) is 2.25.